The van der Waals surface area contributed by atoms with E-state index >= 15 is 0 Å². The van der Waals surface area contributed by atoms with E-state index < -0.39 is 5.54 Å². The van der Waals surface area contributed by atoms with Gasteiger partial charge in [0.25, 0.3) is 0 Å². The minimum absolute atomic E-state index is 0.195. The lowest BCUT2D eigenvalue weighted by molar-refractivity contribution is -0.148. The number of aromatic nitrogens is 2. The lowest BCUT2D eigenvalue weighted by Gasteiger charge is -2.28. The van der Waals surface area contributed by atoms with Gasteiger partial charge in [0.1, 0.15) is 5.54 Å². The van der Waals surface area contributed by atoms with E-state index in [-0.39, 0.29) is 5.97 Å². The Balaban J connectivity index is 2.00. The van der Waals surface area contributed by atoms with Crippen LogP contribution in [-0.4, -0.2) is 34.4 Å². The molecule has 5 heteroatoms. The molecular formula is C13H21N3O2. The monoisotopic (exact) mass is 251 g/mol. The molecule has 18 heavy (non-hydrogen) atoms. The van der Waals surface area contributed by atoms with Gasteiger partial charge >= 0.3 is 5.97 Å². The van der Waals surface area contributed by atoms with Crippen LogP contribution in [-0.2, 0) is 16.1 Å². The van der Waals surface area contributed by atoms with Crippen LogP contribution in [0, 0.1) is 6.92 Å². The number of nitrogens with zero attached hydrogens (tertiary/aromatic N) is 2. The third-order valence-electron chi connectivity index (χ3n) is 3.49. The van der Waals surface area contributed by atoms with Gasteiger partial charge in [-0.15, -0.1) is 0 Å². The quantitative estimate of drug-likeness (QED) is 0.773. The summed E-state index contributed by atoms with van der Waals surface area (Å²) in [6.45, 7) is 4.64. The van der Waals surface area contributed by atoms with Crippen molar-refractivity contribution in [1.29, 1.82) is 0 Å². The average molecular weight is 251 g/mol. The van der Waals surface area contributed by atoms with Crippen molar-refractivity contribution in [2.75, 3.05) is 7.11 Å². The van der Waals surface area contributed by atoms with E-state index in [1.807, 2.05) is 24.6 Å². The van der Waals surface area contributed by atoms with Gasteiger partial charge in [-0.25, -0.2) is 0 Å². The van der Waals surface area contributed by atoms with Crippen LogP contribution >= 0.6 is 0 Å². The predicted octanol–water partition coefficient (Wildman–Crippen LogP) is 1.27. The Morgan fingerprint density at radius 1 is 1.67 bits per heavy atom. The van der Waals surface area contributed by atoms with Crippen LogP contribution in [0.1, 0.15) is 31.9 Å². The van der Waals surface area contributed by atoms with E-state index in [2.05, 4.69) is 10.4 Å². The number of nitrogens with one attached hydrogen (secondary N) is 1. The Labute approximate surface area is 108 Å². The second-order valence-electron chi connectivity index (χ2n) is 5.19. The first-order chi connectivity index (χ1) is 8.55. The number of hydrogen-bond donors (Lipinski definition) is 1. The minimum atomic E-state index is -0.617. The molecule has 0 bridgehead atoms. The second kappa shape index (κ2) is 5.10. The van der Waals surface area contributed by atoms with Gasteiger partial charge in [-0.1, -0.05) is 0 Å². The molecule has 0 spiro atoms. The summed E-state index contributed by atoms with van der Waals surface area (Å²) in [7, 11) is 1.44. The Hall–Kier alpha value is -1.36. The summed E-state index contributed by atoms with van der Waals surface area (Å²) in [4.78, 5) is 11.9. The number of rotatable bonds is 6. The number of carbonyl (C=O) groups excluding carboxylic acids is 1. The van der Waals surface area contributed by atoms with Crippen LogP contribution in [0.25, 0.3) is 0 Å². The zero-order valence-electron chi connectivity index (χ0n) is 11.3. The van der Waals surface area contributed by atoms with Gasteiger partial charge in [-0.2, -0.15) is 5.10 Å². The normalized spacial score (nSPS) is 18.4. The summed E-state index contributed by atoms with van der Waals surface area (Å²) >= 11 is 0. The smallest absolute Gasteiger partial charge is 0.325 e. The third-order valence-corrected chi connectivity index (χ3v) is 3.49. The van der Waals surface area contributed by atoms with Crippen molar-refractivity contribution in [2.24, 2.45) is 0 Å². The maximum Gasteiger partial charge on any atom is 0.325 e. The van der Waals surface area contributed by atoms with E-state index in [1.54, 1.807) is 6.20 Å². The highest BCUT2D eigenvalue weighted by Crippen LogP contribution is 2.25. The maximum atomic E-state index is 11.9. The fourth-order valence-corrected chi connectivity index (χ4v) is 2.10. The lowest BCUT2D eigenvalue weighted by atomic mass is 9.97. The van der Waals surface area contributed by atoms with Crippen molar-refractivity contribution >= 4 is 5.97 Å². The summed E-state index contributed by atoms with van der Waals surface area (Å²) < 4.78 is 6.83. The molecule has 0 aliphatic heterocycles. The number of esters is 1. The molecule has 1 aliphatic rings. The number of carbonyl (C=O) groups is 1. The predicted molar refractivity (Wildman–Crippen MR) is 68.2 cm³/mol. The standard InChI is InChI=1S/C13H21N3O2/c1-10-6-8-14-16(10)9-7-13(2,12(17)18-3)15-11-4-5-11/h6,8,11,15H,4-5,7,9H2,1-3H3. The van der Waals surface area contributed by atoms with Crippen molar-refractivity contribution in [2.45, 2.75) is 51.2 Å². The van der Waals surface area contributed by atoms with Crippen LogP contribution < -0.4 is 5.32 Å². The molecule has 1 atom stereocenters. The Bertz CT molecular complexity index is 426. The Morgan fingerprint density at radius 2 is 2.39 bits per heavy atom. The van der Waals surface area contributed by atoms with Crippen molar-refractivity contribution in [3.8, 4) is 0 Å². The average Bonchev–Trinajstić information content (AvgIpc) is 3.06. The van der Waals surface area contributed by atoms with Gasteiger partial charge < -0.3 is 4.74 Å². The van der Waals surface area contributed by atoms with Gasteiger partial charge in [-0.3, -0.25) is 14.8 Å². The van der Waals surface area contributed by atoms with E-state index in [0.29, 0.717) is 19.0 Å². The molecule has 1 unspecified atom stereocenters. The zero-order chi connectivity index (χ0) is 13.2. The van der Waals surface area contributed by atoms with E-state index in [4.69, 9.17) is 4.74 Å². The highest BCUT2D eigenvalue weighted by atomic mass is 16.5. The lowest BCUT2D eigenvalue weighted by Crippen LogP contribution is -2.51. The summed E-state index contributed by atoms with van der Waals surface area (Å²) in [6, 6.07) is 2.43. The highest BCUT2D eigenvalue weighted by molar-refractivity contribution is 5.80. The fourth-order valence-electron chi connectivity index (χ4n) is 2.10. The molecule has 1 fully saturated rings. The van der Waals surface area contributed by atoms with Crippen LogP contribution in [0.15, 0.2) is 12.3 Å². The molecule has 5 nitrogen and oxygen atoms in total. The van der Waals surface area contributed by atoms with Gasteiger partial charge in [0.15, 0.2) is 0 Å². The van der Waals surface area contributed by atoms with E-state index in [9.17, 15) is 4.79 Å². The first kappa shape index (κ1) is 13.1. The molecule has 0 saturated heterocycles. The number of methoxy groups -OCH3 is 1. The molecule has 1 aromatic heterocycles. The largest absolute Gasteiger partial charge is 0.468 e. The molecule has 0 aromatic carbocycles. The van der Waals surface area contributed by atoms with Gasteiger partial charge in [0.05, 0.1) is 7.11 Å². The van der Waals surface area contributed by atoms with Gasteiger partial charge in [-0.05, 0) is 39.2 Å². The summed E-state index contributed by atoms with van der Waals surface area (Å²) in [5.41, 5.74) is 0.488. The van der Waals surface area contributed by atoms with Crippen molar-refractivity contribution in [3.05, 3.63) is 18.0 Å². The molecule has 1 aromatic rings. The molecule has 2 rings (SSSR count). The van der Waals surface area contributed by atoms with E-state index in [0.717, 1.165) is 18.5 Å². The van der Waals surface area contributed by atoms with Crippen LogP contribution in [0.3, 0.4) is 0 Å². The molecule has 1 N–H and O–H groups in total. The second-order valence-corrected chi connectivity index (χ2v) is 5.19. The fraction of sp³-hybridized carbons (Fsp3) is 0.692. The van der Waals surface area contributed by atoms with Gasteiger partial charge in [0, 0.05) is 24.5 Å². The minimum Gasteiger partial charge on any atom is -0.468 e. The summed E-state index contributed by atoms with van der Waals surface area (Å²) in [5, 5.41) is 7.62. The van der Waals surface area contributed by atoms with Crippen molar-refractivity contribution in [1.82, 2.24) is 15.1 Å². The SMILES string of the molecule is COC(=O)C(C)(CCn1nccc1C)NC1CC1. The van der Waals surface area contributed by atoms with Gasteiger partial charge in [0.2, 0.25) is 0 Å². The van der Waals surface area contributed by atoms with Crippen molar-refractivity contribution < 1.29 is 9.53 Å². The molecule has 1 aliphatic carbocycles. The number of aryl methyl sites for hydroxylation is 2. The van der Waals surface area contributed by atoms with E-state index in [1.165, 1.54) is 7.11 Å². The van der Waals surface area contributed by atoms with Crippen LogP contribution in [0.5, 0.6) is 0 Å². The molecule has 1 saturated carbocycles. The first-order valence-corrected chi connectivity index (χ1v) is 6.40. The summed E-state index contributed by atoms with van der Waals surface area (Å²) in [6.07, 6.45) is 4.75. The molecule has 1 heterocycles. The topological polar surface area (TPSA) is 56.2 Å². The van der Waals surface area contributed by atoms with Crippen LogP contribution in [0.4, 0.5) is 0 Å². The Kier molecular flexibility index (Phi) is 3.71. The number of hydrogen-bond acceptors (Lipinski definition) is 4. The van der Waals surface area contributed by atoms with Crippen molar-refractivity contribution in [3.63, 3.8) is 0 Å². The zero-order valence-corrected chi connectivity index (χ0v) is 11.3. The number of ether oxygens (including phenoxy) is 1. The molecule has 0 amide bonds. The maximum absolute atomic E-state index is 11.9. The molecule has 100 valence electrons. The van der Waals surface area contributed by atoms with Crippen LogP contribution in [0.2, 0.25) is 0 Å². The molecule has 0 radical (unpaired) electrons. The first-order valence-electron chi connectivity index (χ1n) is 6.40. The Morgan fingerprint density at radius 3 is 2.89 bits per heavy atom. The molecular weight excluding hydrogens is 230 g/mol. The highest BCUT2D eigenvalue weighted by Gasteiger charge is 2.39. The summed E-state index contributed by atoms with van der Waals surface area (Å²) in [5.74, 6) is -0.195. The third kappa shape index (κ3) is 2.90.